The summed E-state index contributed by atoms with van der Waals surface area (Å²) < 4.78 is 1.91. The molecular weight excluding hydrogens is 288 g/mol. The monoisotopic (exact) mass is 304 g/mol. The fraction of sp³-hybridized carbons (Fsp3) is 0.167. The van der Waals surface area contributed by atoms with E-state index in [1.54, 1.807) is 18.7 Å². The van der Waals surface area contributed by atoms with Crippen molar-refractivity contribution in [3.05, 3.63) is 78.6 Å². The molecule has 0 spiro atoms. The lowest BCUT2D eigenvalue weighted by Crippen LogP contribution is -2.48. The van der Waals surface area contributed by atoms with E-state index >= 15 is 0 Å². The van der Waals surface area contributed by atoms with Crippen molar-refractivity contribution in [2.45, 2.75) is 5.92 Å². The molecule has 1 aliphatic heterocycles. The molecule has 1 saturated heterocycles. The Morgan fingerprint density at radius 2 is 1.87 bits per heavy atom. The third-order valence-corrected chi connectivity index (χ3v) is 4.19. The lowest BCUT2D eigenvalue weighted by atomic mass is 9.95. The largest absolute Gasteiger partial charge is 0.337 e. The normalized spacial score (nSPS) is 14.5. The molecule has 0 unspecified atom stereocenters. The van der Waals surface area contributed by atoms with Gasteiger partial charge in [-0.2, -0.15) is 0 Å². The van der Waals surface area contributed by atoms with E-state index in [1.807, 2.05) is 58.1 Å². The molecule has 4 rings (SSSR count). The molecule has 114 valence electrons. The van der Waals surface area contributed by atoms with Crippen molar-refractivity contribution in [1.82, 2.24) is 19.4 Å². The number of amides is 1. The molecule has 0 aliphatic carbocycles. The van der Waals surface area contributed by atoms with Gasteiger partial charge in [0.2, 0.25) is 0 Å². The molecule has 5 nitrogen and oxygen atoms in total. The van der Waals surface area contributed by atoms with E-state index in [2.05, 4.69) is 9.97 Å². The molecule has 0 bridgehead atoms. The van der Waals surface area contributed by atoms with Gasteiger partial charge in [-0.15, -0.1) is 0 Å². The molecule has 1 aromatic carbocycles. The van der Waals surface area contributed by atoms with E-state index in [0.717, 1.165) is 24.5 Å². The molecular formula is C18H16N4O. The van der Waals surface area contributed by atoms with E-state index in [9.17, 15) is 4.79 Å². The van der Waals surface area contributed by atoms with Gasteiger partial charge in [-0.3, -0.25) is 9.78 Å². The zero-order chi connectivity index (χ0) is 15.6. The molecule has 0 atom stereocenters. The Morgan fingerprint density at radius 1 is 1.04 bits per heavy atom. The lowest BCUT2D eigenvalue weighted by molar-refractivity contribution is 0.0599. The first-order valence-electron chi connectivity index (χ1n) is 7.60. The number of nitrogens with zero attached hydrogens (tertiary/aromatic N) is 4. The number of aromatic nitrogens is 3. The van der Waals surface area contributed by atoms with Gasteiger partial charge in [-0.1, -0.05) is 6.07 Å². The summed E-state index contributed by atoms with van der Waals surface area (Å²) in [5.41, 5.74) is 2.77. The number of pyridine rings is 1. The molecule has 1 fully saturated rings. The zero-order valence-electron chi connectivity index (χ0n) is 12.5. The second-order valence-corrected chi connectivity index (χ2v) is 5.68. The molecule has 2 aromatic heterocycles. The Morgan fingerprint density at radius 3 is 2.52 bits per heavy atom. The maximum atomic E-state index is 12.5. The average Bonchev–Trinajstić information content (AvgIpc) is 3.09. The fourth-order valence-electron chi connectivity index (χ4n) is 2.82. The Balaban J connectivity index is 1.42. The minimum atomic E-state index is 0.0781. The van der Waals surface area contributed by atoms with Gasteiger partial charge in [0.15, 0.2) is 0 Å². The standard InChI is InChI=1S/C18H16N4O/c23-18(22-11-15(12-22)17-3-1-2-8-20-17)14-4-6-16(7-5-14)21-10-9-19-13-21/h1-10,13,15H,11-12H2. The van der Waals surface area contributed by atoms with Crippen molar-refractivity contribution in [3.63, 3.8) is 0 Å². The van der Waals surface area contributed by atoms with Crippen LogP contribution in [0, 0.1) is 0 Å². The quantitative estimate of drug-likeness (QED) is 0.747. The van der Waals surface area contributed by atoms with E-state index < -0.39 is 0 Å². The van der Waals surface area contributed by atoms with Crippen molar-refractivity contribution in [1.29, 1.82) is 0 Å². The van der Waals surface area contributed by atoms with Crippen LogP contribution in [0.3, 0.4) is 0 Å². The number of hydrogen-bond acceptors (Lipinski definition) is 3. The van der Waals surface area contributed by atoms with Crippen LogP contribution in [0.4, 0.5) is 0 Å². The second-order valence-electron chi connectivity index (χ2n) is 5.68. The van der Waals surface area contributed by atoms with Crippen LogP contribution < -0.4 is 0 Å². The molecule has 1 aliphatic rings. The van der Waals surface area contributed by atoms with E-state index in [0.29, 0.717) is 11.5 Å². The van der Waals surface area contributed by atoms with Crippen LogP contribution in [-0.4, -0.2) is 38.4 Å². The van der Waals surface area contributed by atoms with Crippen LogP contribution >= 0.6 is 0 Å². The third-order valence-electron chi connectivity index (χ3n) is 4.19. The lowest BCUT2D eigenvalue weighted by Gasteiger charge is -2.39. The van der Waals surface area contributed by atoms with Crippen LogP contribution in [0.25, 0.3) is 5.69 Å². The highest BCUT2D eigenvalue weighted by molar-refractivity contribution is 5.95. The predicted molar refractivity (Wildman–Crippen MR) is 86.4 cm³/mol. The van der Waals surface area contributed by atoms with Crippen molar-refractivity contribution in [2.75, 3.05) is 13.1 Å². The van der Waals surface area contributed by atoms with Crippen LogP contribution in [-0.2, 0) is 0 Å². The number of carbonyl (C=O) groups is 1. The fourth-order valence-corrected chi connectivity index (χ4v) is 2.82. The Kier molecular flexibility index (Phi) is 3.38. The molecule has 0 radical (unpaired) electrons. The summed E-state index contributed by atoms with van der Waals surface area (Å²) in [6, 6.07) is 13.5. The van der Waals surface area contributed by atoms with Crippen LogP contribution in [0.5, 0.6) is 0 Å². The van der Waals surface area contributed by atoms with E-state index in [1.165, 1.54) is 0 Å². The van der Waals surface area contributed by atoms with Gasteiger partial charge >= 0.3 is 0 Å². The van der Waals surface area contributed by atoms with E-state index in [4.69, 9.17) is 0 Å². The maximum absolute atomic E-state index is 12.5. The smallest absolute Gasteiger partial charge is 0.253 e. The molecule has 3 aromatic rings. The highest BCUT2D eigenvalue weighted by Crippen LogP contribution is 2.26. The summed E-state index contributed by atoms with van der Waals surface area (Å²) in [5.74, 6) is 0.430. The molecule has 0 N–H and O–H groups in total. The van der Waals surface area contributed by atoms with Gasteiger partial charge in [-0.05, 0) is 36.4 Å². The highest BCUT2D eigenvalue weighted by atomic mass is 16.2. The molecule has 5 heteroatoms. The minimum Gasteiger partial charge on any atom is -0.337 e. The molecule has 23 heavy (non-hydrogen) atoms. The van der Waals surface area contributed by atoms with Crippen LogP contribution in [0.2, 0.25) is 0 Å². The maximum Gasteiger partial charge on any atom is 0.253 e. The number of imidazole rings is 1. The summed E-state index contributed by atoms with van der Waals surface area (Å²) in [4.78, 5) is 22.7. The highest BCUT2D eigenvalue weighted by Gasteiger charge is 2.32. The van der Waals surface area contributed by atoms with Gasteiger partial charge in [0, 0.05) is 54.5 Å². The van der Waals surface area contributed by atoms with E-state index in [-0.39, 0.29) is 5.91 Å². The Hall–Kier alpha value is -2.95. The predicted octanol–water partition coefficient (Wildman–Crippen LogP) is 2.51. The topological polar surface area (TPSA) is 51.0 Å². The van der Waals surface area contributed by atoms with Crippen molar-refractivity contribution >= 4 is 5.91 Å². The first-order valence-corrected chi connectivity index (χ1v) is 7.60. The summed E-state index contributed by atoms with van der Waals surface area (Å²) in [6.45, 7) is 1.47. The van der Waals surface area contributed by atoms with Gasteiger partial charge in [0.05, 0.1) is 6.33 Å². The van der Waals surface area contributed by atoms with Crippen molar-refractivity contribution < 1.29 is 4.79 Å². The summed E-state index contributed by atoms with van der Waals surface area (Å²) in [7, 11) is 0. The average molecular weight is 304 g/mol. The molecule has 3 heterocycles. The Bertz CT molecular complexity index is 791. The summed E-state index contributed by atoms with van der Waals surface area (Å²) in [5, 5.41) is 0. The number of benzene rings is 1. The van der Waals surface area contributed by atoms with Crippen LogP contribution in [0.15, 0.2) is 67.4 Å². The van der Waals surface area contributed by atoms with Crippen molar-refractivity contribution in [3.8, 4) is 5.69 Å². The zero-order valence-corrected chi connectivity index (χ0v) is 12.5. The number of likely N-dealkylation sites (tertiary alicyclic amines) is 1. The summed E-state index contributed by atoms with van der Waals surface area (Å²) >= 11 is 0. The van der Waals surface area contributed by atoms with Gasteiger partial charge in [0.1, 0.15) is 0 Å². The van der Waals surface area contributed by atoms with Crippen LogP contribution in [0.1, 0.15) is 22.0 Å². The molecule has 1 amide bonds. The van der Waals surface area contributed by atoms with Gasteiger partial charge in [-0.25, -0.2) is 4.98 Å². The first kappa shape index (κ1) is 13.7. The summed E-state index contributed by atoms with van der Waals surface area (Å²) in [6.07, 6.45) is 7.15. The SMILES string of the molecule is O=C(c1ccc(-n2ccnc2)cc1)N1CC(c2ccccn2)C1. The van der Waals surface area contributed by atoms with Gasteiger partial charge < -0.3 is 9.47 Å². The molecule has 0 saturated carbocycles. The van der Waals surface area contributed by atoms with Gasteiger partial charge in [0.25, 0.3) is 5.91 Å². The Labute approximate surface area is 134 Å². The number of carbonyl (C=O) groups excluding carboxylic acids is 1. The van der Waals surface area contributed by atoms with Crippen molar-refractivity contribution in [2.24, 2.45) is 0 Å². The third kappa shape index (κ3) is 2.61. The minimum absolute atomic E-state index is 0.0781. The number of rotatable bonds is 3. The second kappa shape index (κ2) is 5.68. The number of hydrogen-bond donors (Lipinski definition) is 0. The first-order chi connectivity index (χ1) is 11.3.